The van der Waals surface area contributed by atoms with Crippen LogP contribution in [0.2, 0.25) is 0 Å². The SMILES string of the molecule is NCC(CC1CCCO1)c1cccc(F)c1. The summed E-state index contributed by atoms with van der Waals surface area (Å²) in [4.78, 5) is 0. The average molecular weight is 223 g/mol. The third kappa shape index (κ3) is 2.80. The predicted molar refractivity (Wildman–Crippen MR) is 61.8 cm³/mol. The van der Waals surface area contributed by atoms with Gasteiger partial charge in [0.25, 0.3) is 0 Å². The highest BCUT2D eigenvalue weighted by molar-refractivity contribution is 5.21. The molecule has 2 rings (SSSR count). The Morgan fingerprint density at radius 1 is 1.50 bits per heavy atom. The zero-order valence-corrected chi connectivity index (χ0v) is 9.36. The molecule has 88 valence electrons. The zero-order chi connectivity index (χ0) is 11.4. The molecule has 0 amide bonds. The molecule has 1 heterocycles. The summed E-state index contributed by atoms with van der Waals surface area (Å²) in [6.45, 7) is 1.40. The number of ether oxygens (including phenoxy) is 1. The van der Waals surface area contributed by atoms with E-state index in [-0.39, 0.29) is 11.7 Å². The largest absolute Gasteiger partial charge is 0.378 e. The fourth-order valence-electron chi connectivity index (χ4n) is 2.28. The number of hydrogen-bond donors (Lipinski definition) is 1. The second kappa shape index (κ2) is 5.41. The molecule has 2 unspecified atom stereocenters. The third-order valence-corrected chi connectivity index (χ3v) is 3.18. The molecule has 0 radical (unpaired) electrons. The van der Waals surface area contributed by atoms with Gasteiger partial charge in [-0.2, -0.15) is 0 Å². The van der Waals surface area contributed by atoms with E-state index in [2.05, 4.69) is 0 Å². The van der Waals surface area contributed by atoms with Gasteiger partial charge in [-0.25, -0.2) is 4.39 Å². The summed E-state index contributed by atoms with van der Waals surface area (Å²) in [6, 6.07) is 6.72. The molecule has 1 saturated heterocycles. The van der Waals surface area contributed by atoms with Gasteiger partial charge in [0.05, 0.1) is 6.10 Å². The molecule has 2 atom stereocenters. The van der Waals surface area contributed by atoms with E-state index in [9.17, 15) is 4.39 Å². The molecule has 1 fully saturated rings. The molecule has 0 aliphatic carbocycles. The lowest BCUT2D eigenvalue weighted by Crippen LogP contribution is -2.19. The minimum Gasteiger partial charge on any atom is -0.378 e. The quantitative estimate of drug-likeness (QED) is 0.851. The van der Waals surface area contributed by atoms with Crippen LogP contribution in [0.5, 0.6) is 0 Å². The van der Waals surface area contributed by atoms with Gasteiger partial charge in [-0.1, -0.05) is 12.1 Å². The highest BCUT2D eigenvalue weighted by Gasteiger charge is 2.21. The Balaban J connectivity index is 2.03. The smallest absolute Gasteiger partial charge is 0.123 e. The number of hydrogen-bond acceptors (Lipinski definition) is 2. The number of benzene rings is 1. The molecule has 0 spiro atoms. The maximum absolute atomic E-state index is 13.1. The maximum Gasteiger partial charge on any atom is 0.123 e. The Morgan fingerprint density at radius 2 is 2.38 bits per heavy atom. The van der Waals surface area contributed by atoms with E-state index in [0.29, 0.717) is 12.6 Å². The van der Waals surface area contributed by atoms with E-state index in [1.54, 1.807) is 12.1 Å². The predicted octanol–water partition coefficient (Wildman–Crippen LogP) is 2.44. The van der Waals surface area contributed by atoms with E-state index in [0.717, 1.165) is 31.4 Å². The lowest BCUT2D eigenvalue weighted by Gasteiger charge is -2.19. The highest BCUT2D eigenvalue weighted by atomic mass is 19.1. The minimum atomic E-state index is -0.191. The van der Waals surface area contributed by atoms with Gasteiger partial charge in [-0.05, 0) is 49.4 Å². The van der Waals surface area contributed by atoms with Crippen LogP contribution in [0.4, 0.5) is 4.39 Å². The van der Waals surface area contributed by atoms with Crippen molar-refractivity contribution in [2.45, 2.75) is 31.3 Å². The van der Waals surface area contributed by atoms with Gasteiger partial charge in [-0.15, -0.1) is 0 Å². The molecule has 0 aromatic heterocycles. The average Bonchev–Trinajstić information content (AvgIpc) is 2.78. The maximum atomic E-state index is 13.1. The second-order valence-electron chi connectivity index (χ2n) is 4.36. The highest BCUT2D eigenvalue weighted by Crippen LogP contribution is 2.26. The molecule has 1 aliphatic rings. The summed E-state index contributed by atoms with van der Waals surface area (Å²) in [7, 11) is 0. The Hall–Kier alpha value is -0.930. The van der Waals surface area contributed by atoms with Crippen LogP contribution in [0.25, 0.3) is 0 Å². The first-order chi connectivity index (χ1) is 7.79. The Kier molecular flexibility index (Phi) is 3.91. The van der Waals surface area contributed by atoms with Crippen LogP contribution in [0.3, 0.4) is 0 Å². The Morgan fingerprint density at radius 3 is 3.00 bits per heavy atom. The minimum absolute atomic E-state index is 0.191. The standard InChI is InChI=1S/C13H18FNO/c14-12-4-1-3-10(7-12)11(9-15)8-13-5-2-6-16-13/h1,3-4,7,11,13H,2,5-6,8-9,15H2. The van der Waals surface area contributed by atoms with Crippen LogP contribution in [-0.2, 0) is 4.74 Å². The molecule has 1 aromatic rings. The molecule has 2 nitrogen and oxygen atoms in total. The van der Waals surface area contributed by atoms with Gasteiger partial charge in [0.2, 0.25) is 0 Å². The summed E-state index contributed by atoms with van der Waals surface area (Å²) in [5.41, 5.74) is 6.74. The lowest BCUT2D eigenvalue weighted by molar-refractivity contribution is 0.0984. The summed E-state index contributed by atoms with van der Waals surface area (Å²) >= 11 is 0. The van der Waals surface area contributed by atoms with Crippen molar-refractivity contribution in [1.29, 1.82) is 0 Å². The Labute approximate surface area is 95.6 Å². The number of nitrogens with two attached hydrogens (primary N) is 1. The van der Waals surface area contributed by atoms with E-state index in [4.69, 9.17) is 10.5 Å². The molecule has 2 N–H and O–H groups in total. The summed E-state index contributed by atoms with van der Waals surface area (Å²) in [5.74, 6) is 0.0158. The summed E-state index contributed by atoms with van der Waals surface area (Å²) in [5, 5.41) is 0. The van der Waals surface area contributed by atoms with Crippen LogP contribution in [0, 0.1) is 5.82 Å². The fourth-order valence-corrected chi connectivity index (χ4v) is 2.28. The van der Waals surface area contributed by atoms with Crippen LogP contribution in [-0.4, -0.2) is 19.3 Å². The first kappa shape index (κ1) is 11.6. The first-order valence-electron chi connectivity index (χ1n) is 5.86. The zero-order valence-electron chi connectivity index (χ0n) is 9.36. The molecule has 1 aliphatic heterocycles. The van der Waals surface area contributed by atoms with E-state index < -0.39 is 0 Å². The van der Waals surface area contributed by atoms with Gasteiger partial charge in [0.15, 0.2) is 0 Å². The van der Waals surface area contributed by atoms with Crippen LogP contribution < -0.4 is 5.73 Å². The second-order valence-corrected chi connectivity index (χ2v) is 4.36. The Bertz CT molecular complexity index is 336. The van der Waals surface area contributed by atoms with Gasteiger partial charge in [0, 0.05) is 6.61 Å². The first-order valence-corrected chi connectivity index (χ1v) is 5.86. The van der Waals surface area contributed by atoms with Crippen molar-refractivity contribution in [3.05, 3.63) is 35.6 Å². The van der Waals surface area contributed by atoms with E-state index in [1.165, 1.54) is 6.07 Å². The van der Waals surface area contributed by atoms with Crippen LogP contribution in [0.15, 0.2) is 24.3 Å². The fraction of sp³-hybridized carbons (Fsp3) is 0.538. The van der Waals surface area contributed by atoms with E-state index in [1.807, 2.05) is 6.07 Å². The molecular weight excluding hydrogens is 205 g/mol. The van der Waals surface area contributed by atoms with Crippen molar-refractivity contribution in [2.24, 2.45) is 5.73 Å². The monoisotopic (exact) mass is 223 g/mol. The van der Waals surface area contributed by atoms with Gasteiger partial charge in [-0.3, -0.25) is 0 Å². The molecular formula is C13H18FNO. The molecule has 1 aromatic carbocycles. The summed E-state index contributed by atoms with van der Waals surface area (Å²) < 4.78 is 18.7. The topological polar surface area (TPSA) is 35.2 Å². The van der Waals surface area contributed by atoms with Crippen molar-refractivity contribution in [2.75, 3.05) is 13.2 Å². The van der Waals surface area contributed by atoms with Gasteiger partial charge >= 0.3 is 0 Å². The van der Waals surface area contributed by atoms with Crippen molar-refractivity contribution >= 4 is 0 Å². The molecule has 0 bridgehead atoms. The summed E-state index contributed by atoms with van der Waals surface area (Å²) in [6.07, 6.45) is 3.44. The molecule has 3 heteroatoms. The van der Waals surface area contributed by atoms with Crippen LogP contribution >= 0.6 is 0 Å². The van der Waals surface area contributed by atoms with Crippen molar-refractivity contribution in [1.82, 2.24) is 0 Å². The molecule has 0 saturated carbocycles. The van der Waals surface area contributed by atoms with Crippen LogP contribution in [0.1, 0.15) is 30.7 Å². The van der Waals surface area contributed by atoms with E-state index >= 15 is 0 Å². The van der Waals surface area contributed by atoms with Crippen molar-refractivity contribution in [3.8, 4) is 0 Å². The normalized spacial score (nSPS) is 22.2. The third-order valence-electron chi connectivity index (χ3n) is 3.18. The van der Waals surface area contributed by atoms with Crippen molar-refractivity contribution in [3.63, 3.8) is 0 Å². The number of rotatable bonds is 4. The number of halogens is 1. The molecule has 16 heavy (non-hydrogen) atoms. The van der Waals surface area contributed by atoms with Crippen molar-refractivity contribution < 1.29 is 9.13 Å². The van der Waals surface area contributed by atoms with Gasteiger partial charge < -0.3 is 10.5 Å². The van der Waals surface area contributed by atoms with Gasteiger partial charge in [0.1, 0.15) is 5.82 Å². The lowest BCUT2D eigenvalue weighted by atomic mass is 9.92.